The Morgan fingerprint density at radius 1 is 1.12 bits per heavy atom. The van der Waals surface area contributed by atoms with Crippen molar-refractivity contribution in [2.75, 3.05) is 17.3 Å². The first-order valence-electron chi connectivity index (χ1n) is 11.6. The third-order valence-corrected chi connectivity index (χ3v) is 9.08. The molecule has 1 aliphatic carbocycles. The van der Waals surface area contributed by atoms with E-state index in [0.29, 0.717) is 12.8 Å². The maximum Gasteiger partial charge on any atom is 0.233 e. The van der Waals surface area contributed by atoms with Crippen molar-refractivity contribution >= 4 is 27.5 Å². The van der Waals surface area contributed by atoms with Crippen LogP contribution >= 0.6 is 11.8 Å². The van der Waals surface area contributed by atoms with Crippen molar-refractivity contribution in [3.63, 3.8) is 0 Å². The molecule has 1 aromatic carbocycles. The van der Waals surface area contributed by atoms with Crippen molar-refractivity contribution in [2.45, 2.75) is 75.7 Å². The zero-order chi connectivity index (χ0) is 22.6. The second kappa shape index (κ2) is 10.4. The van der Waals surface area contributed by atoms with E-state index in [9.17, 15) is 13.2 Å². The molecule has 0 unspecified atom stereocenters. The highest BCUT2D eigenvalue weighted by Crippen LogP contribution is 2.30. The van der Waals surface area contributed by atoms with E-state index in [0.717, 1.165) is 49.6 Å². The number of nitrogens with zero attached hydrogens (tertiary/aromatic N) is 4. The molecule has 0 radical (unpaired) electrons. The SMILES string of the molecule is CCCn1c(Cc2ccccc2)nnc1SCC(=O)N(C1CCCC1)[C@H]1CCS(=O)(=O)C1. The van der Waals surface area contributed by atoms with E-state index in [4.69, 9.17) is 0 Å². The molecule has 1 atom stereocenters. The van der Waals surface area contributed by atoms with Crippen molar-refractivity contribution in [3.05, 3.63) is 41.7 Å². The van der Waals surface area contributed by atoms with Gasteiger partial charge >= 0.3 is 0 Å². The van der Waals surface area contributed by atoms with E-state index in [-0.39, 0.29) is 35.2 Å². The van der Waals surface area contributed by atoms with Gasteiger partial charge in [0.25, 0.3) is 0 Å². The molecule has 1 saturated carbocycles. The smallest absolute Gasteiger partial charge is 0.233 e. The fourth-order valence-corrected chi connectivity index (χ4v) is 7.43. The van der Waals surface area contributed by atoms with Crippen molar-refractivity contribution in [1.82, 2.24) is 19.7 Å². The van der Waals surface area contributed by atoms with Crippen LogP contribution in [0.25, 0.3) is 0 Å². The Bertz CT molecular complexity index is 1020. The number of hydrogen-bond acceptors (Lipinski definition) is 6. The Morgan fingerprint density at radius 3 is 2.53 bits per heavy atom. The lowest BCUT2D eigenvalue weighted by molar-refractivity contribution is -0.132. The monoisotopic (exact) mass is 476 g/mol. The number of benzene rings is 1. The molecule has 2 heterocycles. The van der Waals surface area contributed by atoms with E-state index in [1.54, 1.807) is 0 Å². The number of amides is 1. The average Bonchev–Trinajstić information content (AvgIpc) is 3.50. The molecule has 4 rings (SSSR count). The summed E-state index contributed by atoms with van der Waals surface area (Å²) in [4.78, 5) is 15.2. The third-order valence-electron chi connectivity index (χ3n) is 6.38. The summed E-state index contributed by atoms with van der Waals surface area (Å²) < 4.78 is 26.2. The molecule has 9 heteroatoms. The third kappa shape index (κ3) is 5.54. The van der Waals surface area contributed by atoms with Gasteiger partial charge in [-0.15, -0.1) is 10.2 Å². The molecule has 7 nitrogen and oxygen atoms in total. The molecule has 1 aromatic heterocycles. The highest BCUT2D eigenvalue weighted by Gasteiger charge is 2.39. The van der Waals surface area contributed by atoms with E-state index in [2.05, 4.69) is 33.8 Å². The number of aromatic nitrogens is 3. The Hall–Kier alpha value is -1.87. The fourth-order valence-electron chi connectivity index (χ4n) is 4.87. The predicted molar refractivity (Wildman–Crippen MR) is 126 cm³/mol. The van der Waals surface area contributed by atoms with Crippen LogP contribution in [0.1, 0.15) is 56.8 Å². The van der Waals surface area contributed by atoms with Crippen LogP contribution in [0.3, 0.4) is 0 Å². The largest absolute Gasteiger partial charge is 0.335 e. The van der Waals surface area contributed by atoms with Gasteiger partial charge in [0.15, 0.2) is 15.0 Å². The lowest BCUT2D eigenvalue weighted by Crippen LogP contribution is -2.47. The zero-order valence-electron chi connectivity index (χ0n) is 18.6. The molecule has 0 bridgehead atoms. The molecule has 0 spiro atoms. The summed E-state index contributed by atoms with van der Waals surface area (Å²) in [6.07, 6.45) is 6.37. The maximum absolute atomic E-state index is 13.3. The molecule has 1 saturated heterocycles. The normalized spacial score (nSPS) is 20.6. The number of carbonyl (C=O) groups excluding carboxylic acids is 1. The van der Waals surface area contributed by atoms with E-state index >= 15 is 0 Å². The van der Waals surface area contributed by atoms with Crippen molar-refractivity contribution < 1.29 is 13.2 Å². The van der Waals surface area contributed by atoms with Gasteiger partial charge in [0, 0.05) is 25.0 Å². The van der Waals surface area contributed by atoms with Crippen molar-refractivity contribution in [2.24, 2.45) is 0 Å². The summed E-state index contributed by atoms with van der Waals surface area (Å²) >= 11 is 1.42. The van der Waals surface area contributed by atoms with Crippen LogP contribution in [0.15, 0.2) is 35.5 Å². The second-order valence-electron chi connectivity index (χ2n) is 8.80. The van der Waals surface area contributed by atoms with Crippen molar-refractivity contribution in [3.8, 4) is 0 Å². The number of carbonyl (C=O) groups is 1. The molecular weight excluding hydrogens is 444 g/mol. The maximum atomic E-state index is 13.3. The van der Waals surface area contributed by atoms with Gasteiger partial charge in [-0.2, -0.15) is 0 Å². The number of rotatable bonds is 9. The van der Waals surface area contributed by atoms with Crippen LogP contribution in [0.2, 0.25) is 0 Å². The van der Waals surface area contributed by atoms with E-state index in [1.165, 1.54) is 17.3 Å². The first-order chi connectivity index (χ1) is 15.5. The van der Waals surface area contributed by atoms with Gasteiger partial charge in [-0.3, -0.25) is 4.79 Å². The van der Waals surface area contributed by atoms with Crippen LogP contribution in [-0.4, -0.2) is 63.3 Å². The van der Waals surface area contributed by atoms with Gasteiger partial charge < -0.3 is 9.47 Å². The zero-order valence-corrected chi connectivity index (χ0v) is 20.3. The van der Waals surface area contributed by atoms with Crippen molar-refractivity contribution in [1.29, 1.82) is 0 Å². The lowest BCUT2D eigenvalue weighted by Gasteiger charge is -2.34. The summed E-state index contributed by atoms with van der Waals surface area (Å²) in [6.45, 7) is 2.92. The first-order valence-corrected chi connectivity index (χ1v) is 14.4. The van der Waals surface area contributed by atoms with Crippen LogP contribution in [0, 0.1) is 0 Å². The number of hydrogen-bond donors (Lipinski definition) is 0. The molecular formula is C23H32N4O3S2. The molecule has 1 amide bonds. The summed E-state index contributed by atoms with van der Waals surface area (Å²) in [7, 11) is -3.04. The minimum atomic E-state index is -3.04. The average molecular weight is 477 g/mol. The number of sulfone groups is 1. The number of thioether (sulfide) groups is 1. The molecule has 174 valence electrons. The van der Waals surface area contributed by atoms with E-state index < -0.39 is 9.84 Å². The Kier molecular flexibility index (Phi) is 7.55. The topological polar surface area (TPSA) is 85.2 Å². The van der Waals surface area contributed by atoms with Gasteiger partial charge in [0.2, 0.25) is 5.91 Å². The molecule has 0 N–H and O–H groups in total. The Balaban J connectivity index is 1.46. The quantitative estimate of drug-likeness (QED) is 0.516. The molecule has 32 heavy (non-hydrogen) atoms. The summed E-state index contributed by atoms with van der Waals surface area (Å²) in [6, 6.07) is 10.2. The van der Waals surface area contributed by atoms with Gasteiger partial charge in [0.05, 0.1) is 17.3 Å². The molecule has 2 fully saturated rings. The second-order valence-corrected chi connectivity index (χ2v) is 12.0. The van der Waals surface area contributed by atoms with Gasteiger partial charge in [-0.25, -0.2) is 8.42 Å². The van der Waals surface area contributed by atoms with Crippen LogP contribution in [0.5, 0.6) is 0 Å². The minimum absolute atomic E-state index is 0.0275. The standard InChI is InChI=1S/C23H32N4O3S2/c1-2-13-26-21(15-18-8-4-3-5-9-18)24-25-23(26)31-16-22(28)27(19-10-6-7-11-19)20-12-14-32(29,30)17-20/h3-5,8-9,19-20H,2,6-7,10-17H2,1H3/t20-/m0/s1. The van der Waals surface area contributed by atoms with Crippen LogP contribution < -0.4 is 0 Å². The first kappa shape index (κ1) is 23.3. The van der Waals surface area contributed by atoms with Gasteiger partial charge in [0.1, 0.15) is 5.82 Å². The summed E-state index contributed by atoms with van der Waals surface area (Å²) in [5.41, 5.74) is 1.18. The lowest BCUT2D eigenvalue weighted by atomic mass is 10.1. The highest BCUT2D eigenvalue weighted by molar-refractivity contribution is 7.99. The minimum Gasteiger partial charge on any atom is -0.335 e. The van der Waals surface area contributed by atoms with E-state index in [1.807, 2.05) is 23.1 Å². The highest BCUT2D eigenvalue weighted by atomic mass is 32.2. The predicted octanol–water partition coefficient (Wildman–Crippen LogP) is 3.33. The Labute approximate surface area is 194 Å². The molecule has 1 aliphatic heterocycles. The summed E-state index contributed by atoms with van der Waals surface area (Å²) in [5, 5.41) is 9.57. The molecule has 2 aliphatic rings. The Morgan fingerprint density at radius 2 is 1.88 bits per heavy atom. The molecule has 2 aromatic rings. The van der Waals surface area contributed by atoms with Gasteiger partial charge in [-0.05, 0) is 31.2 Å². The van der Waals surface area contributed by atoms with Crippen LogP contribution in [-0.2, 0) is 27.6 Å². The fraction of sp³-hybridized carbons (Fsp3) is 0.609. The van der Waals surface area contributed by atoms with Gasteiger partial charge in [-0.1, -0.05) is 61.9 Å². The van der Waals surface area contributed by atoms with Crippen LogP contribution in [0.4, 0.5) is 0 Å². The summed E-state index contributed by atoms with van der Waals surface area (Å²) in [5.74, 6) is 1.49.